The molecule has 16 heavy (non-hydrogen) atoms. The summed E-state index contributed by atoms with van der Waals surface area (Å²) in [6.07, 6.45) is 0. The first-order chi connectivity index (χ1) is 7.56. The Balaban J connectivity index is 2.77. The fourth-order valence-corrected chi connectivity index (χ4v) is 2.06. The second-order valence-corrected chi connectivity index (χ2v) is 4.99. The van der Waals surface area contributed by atoms with Crippen molar-refractivity contribution in [3.63, 3.8) is 0 Å². The van der Waals surface area contributed by atoms with Crippen molar-refractivity contribution in [3.05, 3.63) is 29.8 Å². The molecule has 2 atom stereocenters. The Bertz CT molecular complexity index is 351. The van der Waals surface area contributed by atoms with Crippen LogP contribution in [0.3, 0.4) is 0 Å². The largest absolute Gasteiger partial charge is 0.481 e. The summed E-state index contributed by atoms with van der Waals surface area (Å²) in [7, 11) is 0. The van der Waals surface area contributed by atoms with E-state index in [2.05, 4.69) is 6.92 Å². The van der Waals surface area contributed by atoms with E-state index in [1.165, 1.54) is 4.90 Å². The van der Waals surface area contributed by atoms with Gasteiger partial charge in [-0.2, -0.15) is 0 Å². The number of benzene rings is 1. The minimum Gasteiger partial charge on any atom is -0.481 e. The van der Waals surface area contributed by atoms with Gasteiger partial charge in [-0.3, -0.25) is 4.79 Å². The first kappa shape index (κ1) is 13.1. The molecule has 0 aliphatic rings. The summed E-state index contributed by atoms with van der Waals surface area (Å²) in [6.45, 7) is 3.72. The first-order valence-corrected chi connectivity index (χ1v) is 6.26. The highest BCUT2D eigenvalue weighted by molar-refractivity contribution is 7.99. The SMILES string of the molecule is CCSc1ccc(C(N)C(C)C(=O)O)cc1. The van der Waals surface area contributed by atoms with Crippen molar-refractivity contribution in [3.8, 4) is 0 Å². The maximum atomic E-state index is 10.8. The van der Waals surface area contributed by atoms with E-state index in [0.717, 1.165) is 11.3 Å². The Labute approximate surface area is 100 Å². The average molecular weight is 239 g/mol. The lowest BCUT2D eigenvalue weighted by Crippen LogP contribution is -2.25. The lowest BCUT2D eigenvalue weighted by atomic mass is 9.96. The highest BCUT2D eigenvalue weighted by atomic mass is 32.2. The topological polar surface area (TPSA) is 63.3 Å². The van der Waals surface area contributed by atoms with Gasteiger partial charge in [0, 0.05) is 10.9 Å². The highest BCUT2D eigenvalue weighted by Gasteiger charge is 2.21. The Morgan fingerprint density at radius 2 is 2.00 bits per heavy atom. The number of hydrogen-bond donors (Lipinski definition) is 2. The number of carboxylic acid groups (broad SMARTS) is 1. The molecule has 0 aliphatic heterocycles. The van der Waals surface area contributed by atoms with E-state index < -0.39 is 17.9 Å². The van der Waals surface area contributed by atoms with Gasteiger partial charge in [-0.15, -0.1) is 11.8 Å². The molecule has 0 aliphatic carbocycles. The average Bonchev–Trinajstić information content (AvgIpc) is 2.28. The molecule has 4 heteroatoms. The Hall–Kier alpha value is -1.00. The quantitative estimate of drug-likeness (QED) is 0.775. The van der Waals surface area contributed by atoms with Crippen molar-refractivity contribution in [2.24, 2.45) is 11.7 Å². The second-order valence-electron chi connectivity index (χ2n) is 3.65. The molecule has 0 aromatic heterocycles. The van der Waals surface area contributed by atoms with Gasteiger partial charge in [0.05, 0.1) is 5.92 Å². The molecule has 1 aromatic rings. The summed E-state index contributed by atoms with van der Waals surface area (Å²) in [6, 6.07) is 7.33. The van der Waals surface area contributed by atoms with Crippen LogP contribution in [0.5, 0.6) is 0 Å². The molecule has 3 N–H and O–H groups in total. The van der Waals surface area contributed by atoms with Gasteiger partial charge < -0.3 is 10.8 Å². The zero-order chi connectivity index (χ0) is 12.1. The number of rotatable bonds is 5. The van der Waals surface area contributed by atoms with Gasteiger partial charge in [0.15, 0.2) is 0 Å². The number of thioether (sulfide) groups is 1. The Morgan fingerprint density at radius 1 is 1.44 bits per heavy atom. The van der Waals surface area contributed by atoms with E-state index in [9.17, 15) is 4.79 Å². The fraction of sp³-hybridized carbons (Fsp3) is 0.417. The van der Waals surface area contributed by atoms with Crippen LogP contribution in [0, 0.1) is 5.92 Å². The molecule has 0 amide bonds. The molecule has 0 spiro atoms. The molecule has 1 rings (SSSR count). The van der Waals surface area contributed by atoms with Crippen LogP contribution in [0.1, 0.15) is 25.5 Å². The van der Waals surface area contributed by atoms with E-state index >= 15 is 0 Å². The Kier molecular flexibility index (Phi) is 4.83. The van der Waals surface area contributed by atoms with Gasteiger partial charge in [0.25, 0.3) is 0 Å². The molecule has 1 aromatic carbocycles. The van der Waals surface area contributed by atoms with Crippen molar-refractivity contribution >= 4 is 17.7 Å². The molecule has 2 unspecified atom stereocenters. The lowest BCUT2D eigenvalue weighted by molar-refractivity contribution is -0.141. The molecular formula is C12H17NO2S. The van der Waals surface area contributed by atoms with Crippen LogP contribution >= 0.6 is 11.8 Å². The minimum absolute atomic E-state index is 0.446. The van der Waals surface area contributed by atoms with Gasteiger partial charge in [-0.25, -0.2) is 0 Å². The van der Waals surface area contributed by atoms with Gasteiger partial charge >= 0.3 is 5.97 Å². The number of carbonyl (C=O) groups is 1. The Morgan fingerprint density at radius 3 is 2.44 bits per heavy atom. The van der Waals surface area contributed by atoms with Gasteiger partial charge in [0.2, 0.25) is 0 Å². The van der Waals surface area contributed by atoms with E-state index in [1.807, 2.05) is 24.3 Å². The third-order valence-electron chi connectivity index (χ3n) is 2.50. The maximum Gasteiger partial charge on any atom is 0.308 e. The van der Waals surface area contributed by atoms with E-state index in [4.69, 9.17) is 10.8 Å². The van der Waals surface area contributed by atoms with Gasteiger partial charge in [-0.1, -0.05) is 26.0 Å². The summed E-state index contributed by atoms with van der Waals surface area (Å²) in [4.78, 5) is 12.0. The number of nitrogens with two attached hydrogens (primary N) is 1. The van der Waals surface area contributed by atoms with E-state index in [1.54, 1.807) is 18.7 Å². The summed E-state index contributed by atoms with van der Waals surface area (Å²) < 4.78 is 0. The van der Waals surface area contributed by atoms with Crippen molar-refractivity contribution in [1.82, 2.24) is 0 Å². The van der Waals surface area contributed by atoms with Crippen LogP contribution < -0.4 is 5.73 Å². The second kappa shape index (κ2) is 5.92. The molecule has 0 heterocycles. The van der Waals surface area contributed by atoms with Gasteiger partial charge in [0.1, 0.15) is 0 Å². The predicted molar refractivity (Wildman–Crippen MR) is 66.6 cm³/mol. The summed E-state index contributed by atoms with van der Waals surface area (Å²) in [5.41, 5.74) is 6.75. The normalized spacial score (nSPS) is 14.4. The third kappa shape index (κ3) is 3.25. The molecule has 0 bridgehead atoms. The molecule has 0 saturated carbocycles. The fourth-order valence-electron chi connectivity index (χ4n) is 1.40. The van der Waals surface area contributed by atoms with Crippen LogP contribution in [-0.2, 0) is 4.79 Å². The number of hydrogen-bond acceptors (Lipinski definition) is 3. The third-order valence-corrected chi connectivity index (χ3v) is 3.40. The standard InChI is InChI=1S/C12H17NO2S/c1-3-16-10-6-4-9(5-7-10)11(13)8(2)12(14)15/h4-8,11H,3,13H2,1-2H3,(H,14,15). The summed E-state index contributed by atoms with van der Waals surface area (Å²) in [5.74, 6) is -0.402. The maximum absolute atomic E-state index is 10.8. The minimum atomic E-state index is -0.862. The first-order valence-electron chi connectivity index (χ1n) is 5.27. The van der Waals surface area contributed by atoms with Crippen molar-refractivity contribution in [1.29, 1.82) is 0 Å². The molecule has 0 fully saturated rings. The molecular weight excluding hydrogens is 222 g/mol. The van der Waals surface area contributed by atoms with Crippen molar-refractivity contribution < 1.29 is 9.90 Å². The van der Waals surface area contributed by atoms with Crippen LogP contribution in [-0.4, -0.2) is 16.8 Å². The van der Waals surface area contributed by atoms with Crippen LogP contribution in [0.25, 0.3) is 0 Å². The highest BCUT2D eigenvalue weighted by Crippen LogP contribution is 2.23. The molecule has 0 radical (unpaired) electrons. The van der Waals surface area contributed by atoms with Crippen molar-refractivity contribution in [2.75, 3.05) is 5.75 Å². The van der Waals surface area contributed by atoms with E-state index in [-0.39, 0.29) is 0 Å². The van der Waals surface area contributed by atoms with Crippen LogP contribution in [0.4, 0.5) is 0 Å². The summed E-state index contributed by atoms with van der Waals surface area (Å²) in [5, 5.41) is 8.87. The predicted octanol–water partition coefficient (Wildman–Crippen LogP) is 2.52. The zero-order valence-electron chi connectivity index (χ0n) is 9.51. The smallest absolute Gasteiger partial charge is 0.308 e. The zero-order valence-corrected chi connectivity index (χ0v) is 10.3. The monoisotopic (exact) mass is 239 g/mol. The number of aliphatic carboxylic acids is 1. The molecule has 3 nitrogen and oxygen atoms in total. The van der Waals surface area contributed by atoms with Gasteiger partial charge in [-0.05, 0) is 23.4 Å². The molecule has 0 saturated heterocycles. The van der Waals surface area contributed by atoms with Crippen molar-refractivity contribution in [2.45, 2.75) is 24.8 Å². The summed E-state index contributed by atoms with van der Waals surface area (Å²) >= 11 is 1.75. The van der Waals surface area contributed by atoms with Crippen LogP contribution in [0.15, 0.2) is 29.2 Å². The number of carboxylic acids is 1. The van der Waals surface area contributed by atoms with E-state index in [0.29, 0.717) is 0 Å². The van der Waals surface area contributed by atoms with Crippen LogP contribution in [0.2, 0.25) is 0 Å². The lowest BCUT2D eigenvalue weighted by Gasteiger charge is -2.16. The molecule has 88 valence electrons.